The van der Waals surface area contributed by atoms with Gasteiger partial charge in [0.1, 0.15) is 0 Å². The molecule has 3 heteroatoms. The Morgan fingerprint density at radius 1 is 1.27 bits per heavy atom. The number of rotatable bonds is 8. The van der Waals surface area contributed by atoms with Gasteiger partial charge in [0.05, 0.1) is 6.61 Å². The van der Waals surface area contributed by atoms with Crippen LogP contribution in [0.1, 0.15) is 33.6 Å². The molecular formula is C12H28N2O. The summed E-state index contributed by atoms with van der Waals surface area (Å²) in [5, 5.41) is 0. The maximum Gasteiger partial charge on any atom is 0.0615 e. The number of nitrogens with two attached hydrogens (primary N) is 1. The molecule has 0 aromatic carbocycles. The summed E-state index contributed by atoms with van der Waals surface area (Å²) in [6.07, 6.45) is 2.39. The molecule has 0 rings (SSSR count). The van der Waals surface area contributed by atoms with E-state index in [9.17, 15) is 0 Å². The second-order valence-electron chi connectivity index (χ2n) is 4.35. The van der Waals surface area contributed by atoms with Crippen molar-refractivity contribution in [3.05, 3.63) is 0 Å². The van der Waals surface area contributed by atoms with E-state index in [1.54, 1.807) is 7.11 Å². The van der Waals surface area contributed by atoms with E-state index in [1.165, 1.54) is 12.8 Å². The van der Waals surface area contributed by atoms with E-state index in [0.29, 0.717) is 18.0 Å². The molecular weight excluding hydrogens is 188 g/mol. The Labute approximate surface area is 95.0 Å². The van der Waals surface area contributed by atoms with Gasteiger partial charge in [0.2, 0.25) is 0 Å². The zero-order valence-corrected chi connectivity index (χ0v) is 11.0. The van der Waals surface area contributed by atoms with E-state index in [-0.39, 0.29) is 0 Å². The van der Waals surface area contributed by atoms with Crippen molar-refractivity contribution >= 4 is 0 Å². The molecule has 0 heterocycles. The monoisotopic (exact) mass is 216 g/mol. The third kappa shape index (κ3) is 4.49. The molecule has 3 nitrogen and oxygen atoms in total. The number of likely N-dealkylation sites (N-methyl/N-ethyl adjacent to an activating group) is 1. The number of hydrogen-bond donors (Lipinski definition) is 1. The van der Waals surface area contributed by atoms with Crippen LogP contribution in [0.2, 0.25) is 0 Å². The molecule has 0 saturated carbocycles. The first-order valence-electron chi connectivity index (χ1n) is 6.03. The zero-order chi connectivity index (χ0) is 11.8. The van der Waals surface area contributed by atoms with Crippen LogP contribution in [0.5, 0.6) is 0 Å². The first-order chi connectivity index (χ1) is 7.12. The van der Waals surface area contributed by atoms with Crippen molar-refractivity contribution in [3.63, 3.8) is 0 Å². The van der Waals surface area contributed by atoms with Crippen LogP contribution in [0.4, 0.5) is 0 Å². The maximum atomic E-state index is 5.88. The number of methoxy groups -OCH3 is 1. The van der Waals surface area contributed by atoms with Crippen LogP contribution >= 0.6 is 0 Å². The fourth-order valence-corrected chi connectivity index (χ4v) is 2.21. The average molecular weight is 216 g/mol. The van der Waals surface area contributed by atoms with Gasteiger partial charge in [-0.15, -0.1) is 0 Å². The van der Waals surface area contributed by atoms with Gasteiger partial charge in [0, 0.05) is 25.7 Å². The summed E-state index contributed by atoms with van der Waals surface area (Å²) in [5.41, 5.74) is 5.88. The molecule has 2 N–H and O–H groups in total. The van der Waals surface area contributed by atoms with E-state index in [0.717, 1.165) is 13.2 Å². The Morgan fingerprint density at radius 2 is 1.80 bits per heavy atom. The normalized spacial score (nSPS) is 16.0. The minimum atomic E-state index is 0.434. The molecule has 2 atom stereocenters. The molecule has 0 aromatic rings. The fraction of sp³-hybridized carbons (Fsp3) is 1.00. The van der Waals surface area contributed by atoms with Gasteiger partial charge >= 0.3 is 0 Å². The van der Waals surface area contributed by atoms with Gasteiger partial charge in [-0.3, -0.25) is 4.90 Å². The highest BCUT2D eigenvalue weighted by atomic mass is 16.5. The molecule has 92 valence electrons. The molecule has 0 fully saturated rings. The molecule has 0 aliphatic heterocycles. The summed E-state index contributed by atoms with van der Waals surface area (Å²) >= 11 is 0. The molecule has 0 spiro atoms. The summed E-state index contributed by atoms with van der Waals surface area (Å²) in [6, 6.07) is 0.911. The van der Waals surface area contributed by atoms with Crippen molar-refractivity contribution in [1.82, 2.24) is 4.90 Å². The van der Waals surface area contributed by atoms with Crippen LogP contribution in [0.3, 0.4) is 0 Å². The van der Waals surface area contributed by atoms with Crippen molar-refractivity contribution in [2.24, 2.45) is 11.7 Å². The van der Waals surface area contributed by atoms with E-state index >= 15 is 0 Å². The standard InChI is InChI=1S/C12H28N2O/c1-6-11(7-2)12(8-13)14(4)10(3)9-15-5/h10-12H,6-9,13H2,1-5H3. The quantitative estimate of drug-likeness (QED) is 0.671. The topological polar surface area (TPSA) is 38.5 Å². The van der Waals surface area contributed by atoms with Gasteiger partial charge < -0.3 is 10.5 Å². The Bertz CT molecular complexity index is 149. The highest BCUT2D eigenvalue weighted by molar-refractivity contribution is 4.80. The molecule has 0 saturated heterocycles. The highest BCUT2D eigenvalue weighted by Gasteiger charge is 2.24. The summed E-state index contributed by atoms with van der Waals surface area (Å²) in [6.45, 7) is 8.18. The lowest BCUT2D eigenvalue weighted by Crippen LogP contribution is -2.48. The minimum Gasteiger partial charge on any atom is -0.383 e. The van der Waals surface area contributed by atoms with Crippen molar-refractivity contribution in [2.45, 2.75) is 45.7 Å². The van der Waals surface area contributed by atoms with Crippen molar-refractivity contribution < 1.29 is 4.74 Å². The van der Waals surface area contributed by atoms with Crippen LogP contribution in [0.25, 0.3) is 0 Å². The summed E-state index contributed by atoms with van der Waals surface area (Å²) < 4.78 is 5.18. The molecule has 0 aliphatic rings. The molecule has 0 amide bonds. The summed E-state index contributed by atoms with van der Waals surface area (Å²) in [4.78, 5) is 2.36. The molecule has 0 aromatic heterocycles. The predicted octanol–water partition coefficient (Wildman–Crippen LogP) is 1.72. The summed E-state index contributed by atoms with van der Waals surface area (Å²) in [7, 11) is 3.90. The number of ether oxygens (including phenoxy) is 1. The lowest BCUT2D eigenvalue weighted by atomic mass is 9.92. The SMILES string of the molecule is CCC(CC)C(CN)N(C)C(C)COC. The first kappa shape index (κ1) is 14.9. The van der Waals surface area contributed by atoms with Crippen molar-refractivity contribution in [3.8, 4) is 0 Å². The van der Waals surface area contributed by atoms with Gasteiger partial charge in [-0.1, -0.05) is 26.7 Å². The highest BCUT2D eigenvalue weighted by Crippen LogP contribution is 2.18. The second kappa shape index (κ2) is 8.08. The van der Waals surface area contributed by atoms with Gasteiger partial charge in [0.15, 0.2) is 0 Å². The van der Waals surface area contributed by atoms with Crippen molar-refractivity contribution in [1.29, 1.82) is 0 Å². The third-order valence-electron chi connectivity index (χ3n) is 3.46. The smallest absolute Gasteiger partial charge is 0.0615 e. The summed E-state index contributed by atoms with van der Waals surface area (Å²) in [5.74, 6) is 0.694. The zero-order valence-electron chi connectivity index (χ0n) is 11.0. The molecule has 0 radical (unpaired) electrons. The van der Waals surface area contributed by atoms with Gasteiger partial charge in [-0.25, -0.2) is 0 Å². The lowest BCUT2D eigenvalue weighted by molar-refractivity contribution is 0.0683. The largest absolute Gasteiger partial charge is 0.383 e. The second-order valence-corrected chi connectivity index (χ2v) is 4.35. The molecule has 2 unspecified atom stereocenters. The van der Waals surface area contributed by atoms with E-state index < -0.39 is 0 Å². The Kier molecular flexibility index (Phi) is 8.02. The molecule has 0 bridgehead atoms. The predicted molar refractivity (Wildman–Crippen MR) is 66.0 cm³/mol. The fourth-order valence-electron chi connectivity index (χ4n) is 2.21. The van der Waals surface area contributed by atoms with Crippen LogP contribution in [-0.4, -0.2) is 44.3 Å². The van der Waals surface area contributed by atoms with Gasteiger partial charge in [-0.2, -0.15) is 0 Å². The minimum absolute atomic E-state index is 0.434. The van der Waals surface area contributed by atoms with Gasteiger partial charge in [-0.05, 0) is 19.9 Å². The van der Waals surface area contributed by atoms with Gasteiger partial charge in [0.25, 0.3) is 0 Å². The average Bonchev–Trinajstić information content (AvgIpc) is 2.25. The third-order valence-corrected chi connectivity index (χ3v) is 3.46. The van der Waals surface area contributed by atoms with Crippen molar-refractivity contribution in [2.75, 3.05) is 27.3 Å². The lowest BCUT2D eigenvalue weighted by Gasteiger charge is -2.36. The Balaban J connectivity index is 4.36. The van der Waals surface area contributed by atoms with E-state index in [1.807, 2.05) is 0 Å². The van der Waals surface area contributed by atoms with Crippen LogP contribution in [0, 0.1) is 5.92 Å². The number of nitrogens with zero attached hydrogens (tertiary/aromatic N) is 1. The number of hydrogen-bond acceptors (Lipinski definition) is 3. The first-order valence-corrected chi connectivity index (χ1v) is 6.03. The molecule has 15 heavy (non-hydrogen) atoms. The Morgan fingerprint density at radius 3 is 2.13 bits per heavy atom. The molecule has 0 aliphatic carbocycles. The van der Waals surface area contributed by atoms with E-state index in [4.69, 9.17) is 10.5 Å². The van der Waals surface area contributed by atoms with E-state index in [2.05, 4.69) is 32.7 Å². The van der Waals surface area contributed by atoms with Crippen LogP contribution in [0.15, 0.2) is 0 Å². The van der Waals surface area contributed by atoms with Crippen LogP contribution in [-0.2, 0) is 4.74 Å². The van der Waals surface area contributed by atoms with Crippen LogP contribution < -0.4 is 5.73 Å². The maximum absolute atomic E-state index is 5.88. The Hall–Kier alpha value is -0.120.